The third-order valence-electron chi connectivity index (χ3n) is 5.87. The fraction of sp³-hybridized carbons (Fsp3) is 0.240. The Bertz CT molecular complexity index is 1040. The second-order valence-electron chi connectivity index (χ2n) is 7.87. The van der Waals surface area contributed by atoms with Gasteiger partial charge in [0.1, 0.15) is 11.5 Å². The topological polar surface area (TPSA) is 62.4 Å². The summed E-state index contributed by atoms with van der Waals surface area (Å²) < 4.78 is 5.88. The minimum Gasteiger partial charge on any atom is -0.457 e. The zero-order valence-corrected chi connectivity index (χ0v) is 16.8. The van der Waals surface area contributed by atoms with E-state index in [4.69, 9.17) is 4.74 Å². The van der Waals surface area contributed by atoms with E-state index in [9.17, 15) is 4.79 Å². The molecule has 2 heterocycles. The van der Waals surface area contributed by atoms with Gasteiger partial charge in [-0.25, -0.2) is 0 Å². The second-order valence-corrected chi connectivity index (χ2v) is 7.87. The Kier molecular flexibility index (Phi) is 5.11. The number of hydrogen-bond acceptors (Lipinski definition) is 4. The van der Waals surface area contributed by atoms with Crippen molar-refractivity contribution in [2.75, 3.05) is 18.4 Å². The number of hydrogen-bond donors (Lipinski definition) is 3. The molecule has 3 N–H and O–H groups in total. The third kappa shape index (κ3) is 3.89. The Morgan fingerprint density at radius 2 is 1.63 bits per heavy atom. The summed E-state index contributed by atoms with van der Waals surface area (Å²) in [5.74, 6) is 2.12. The predicted octanol–water partition coefficient (Wildman–Crippen LogP) is 4.93. The average Bonchev–Trinajstić information content (AvgIpc) is 3.17. The zero-order chi connectivity index (χ0) is 20.3. The van der Waals surface area contributed by atoms with Crippen LogP contribution in [0.2, 0.25) is 0 Å². The summed E-state index contributed by atoms with van der Waals surface area (Å²) in [7, 11) is 0. The highest BCUT2D eigenvalue weighted by molar-refractivity contribution is 6.00. The molecule has 1 saturated heterocycles. The van der Waals surface area contributed by atoms with E-state index in [1.807, 2.05) is 54.6 Å². The molecule has 0 bridgehead atoms. The average molecular weight is 399 g/mol. The smallest absolute Gasteiger partial charge is 0.251 e. The molecule has 5 nitrogen and oxygen atoms in total. The van der Waals surface area contributed by atoms with Crippen LogP contribution in [0, 0.1) is 0 Å². The normalized spacial score (nSPS) is 16.1. The first-order valence-electron chi connectivity index (χ1n) is 10.5. The van der Waals surface area contributed by atoms with Gasteiger partial charge in [0.05, 0.1) is 0 Å². The number of nitrogens with one attached hydrogen (secondary N) is 3. The van der Waals surface area contributed by atoms with Gasteiger partial charge >= 0.3 is 0 Å². The SMILES string of the molecule is O=C1NCc2c(Nc3ccc(Oc4ccccc4)cc3)cc(C3CCNCC3)cc21. The van der Waals surface area contributed by atoms with Crippen molar-refractivity contribution in [3.05, 3.63) is 83.4 Å². The molecule has 30 heavy (non-hydrogen) atoms. The monoisotopic (exact) mass is 399 g/mol. The van der Waals surface area contributed by atoms with Gasteiger partial charge in [-0.2, -0.15) is 0 Å². The molecule has 0 unspecified atom stereocenters. The summed E-state index contributed by atoms with van der Waals surface area (Å²) in [4.78, 5) is 12.4. The lowest BCUT2D eigenvalue weighted by molar-refractivity contribution is 0.0965. The molecule has 0 radical (unpaired) electrons. The van der Waals surface area contributed by atoms with E-state index in [1.54, 1.807) is 0 Å². The van der Waals surface area contributed by atoms with Gasteiger partial charge in [-0.15, -0.1) is 0 Å². The zero-order valence-electron chi connectivity index (χ0n) is 16.8. The van der Waals surface area contributed by atoms with Crippen molar-refractivity contribution in [3.8, 4) is 11.5 Å². The van der Waals surface area contributed by atoms with Crippen LogP contribution in [0.5, 0.6) is 11.5 Å². The summed E-state index contributed by atoms with van der Waals surface area (Å²) in [6, 6.07) is 22.0. The van der Waals surface area contributed by atoms with Gasteiger partial charge in [0.2, 0.25) is 0 Å². The van der Waals surface area contributed by atoms with E-state index in [-0.39, 0.29) is 5.91 Å². The standard InChI is InChI=1S/C25H25N3O2/c29-25-22-14-18(17-10-12-26-13-11-17)15-24(23(22)16-27-25)28-19-6-8-21(9-7-19)30-20-4-2-1-3-5-20/h1-9,14-15,17,26,28H,10-13,16H2,(H,27,29). The van der Waals surface area contributed by atoms with E-state index in [0.717, 1.165) is 59.9 Å². The summed E-state index contributed by atoms with van der Waals surface area (Å²) >= 11 is 0. The molecule has 0 spiro atoms. The Hall–Kier alpha value is -3.31. The number of fused-ring (bicyclic) bond motifs is 1. The Morgan fingerprint density at radius 1 is 0.900 bits per heavy atom. The molecule has 5 rings (SSSR count). The van der Waals surface area contributed by atoms with Gasteiger partial charge < -0.3 is 20.7 Å². The van der Waals surface area contributed by atoms with Crippen LogP contribution in [0.3, 0.4) is 0 Å². The number of benzene rings is 3. The van der Waals surface area contributed by atoms with Crippen LogP contribution in [0.25, 0.3) is 0 Å². The Morgan fingerprint density at radius 3 is 2.40 bits per heavy atom. The van der Waals surface area contributed by atoms with Crippen LogP contribution >= 0.6 is 0 Å². The third-order valence-corrected chi connectivity index (χ3v) is 5.87. The van der Waals surface area contributed by atoms with E-state index in [0.29, 0.717) is 12.5 Å². The van der Waals surface area contributed by atoms with E-state index < -0.39 is 0 Å². The fourth-order valence-corrected chi connectivity index (χ4v) is 4.24. The van der Waals surface area contributed by atoms with Gasteiger partial charge in [0, 0.05) is 29.0 Å². The number of anilines is 2. The van der Waals surface area contributed by atoms with Gasteiger partial charge in [-0.3, -0.25) is 4.79 Å². The molecule has 3 aromatic rings. The van der Waals surface area contributed by atoms with Gasteiger partial charge in [0.25, 0.3) is 5.91 Å². The van der Waals surface area contributed by atoms with Crippen molar-refractivity contribution in [2.45, 2.75) is 25.3 Å². The number of para-hydroxylation sites is 1. The molecular formula is C25H25N3O2. The molecule has 1 amide bonds. The Balaban J connectivity index is 1.39. The van der Waals surface area contributed by atoms with Crippen LogP contribution in [0.15, 0.2) is 66.7 Å². The lowest BCUT2D eigenvalue weighted by Crippen LogP contribution is -2.26. The molecule has 152 valence electrons. The summed E-state index contributed by atoms with van der Waals surface area (Å²) in [6.07, 6.45) is 2.21. The summed E-state index contributed by atoms with van der Waals surface area (Å²) in [6.45, 7) is 2.62. The maximum Gasteiger partial charge on any atom is 0.251 e. The van der Waals surface area contributed by atoms with Crippen LogP contribution < -0.4 is 20.7 Å². The van der Waals surface area contributed by atoms with Gasteiger partial charge in [0.15, 0.2) is 0 Å². The lowest BCUT2D eigenvalue weighted by Gasteiger charge is -2.24. The fourth-order valence-electron chi connectivity index (χ4n) is 4.24. The van der Waals surface area contributed by atoms with Crippen LogP contribution in [0.1, 0.15) is 40.2 Å². The second kappa shape index (κ2) is 8.20. The highest BCUT2D eigenvalue weighted by atomic mass is 16.5. The molecular weight excluding hydrogens is 374 g/mol. The lowest BCUT2D eigenvalue weighted by atomic mass is 9.88. The molecule has 0 aliphatic carbocycles. The maximum absolute atomic E-state index is 12.4. The van der Waals surface area contributed by atoms with Crippen molar-refractivity contribution in [1.82, 2.24) is 10.6 Å². The number of carbonyl (C=O) groups excluding carboxylic acids is 1. The van der Waals surface area contributed by atoms with E-state index in [1.165, 1.54) is 5.56 Å². The first-order valence-corrected chi connectivity index (χ1v) is 10.5. The number of ether oxygens (including phenoxy) is 1. The van der Waals surface area contributed by atoms with Crippen LogP contribution in [-0.2, 0) is 6.54 Å². The van der Waals surface area contributed by atoms with Crippen molar-refractivity contribution in [3.63, 3.8) is 0 Å². The van der Waals surface area contributed by atoms with Crippen LogP contribution in [0.4, 0.5) is 11.4 Å². The number of piperidine rings is 1. The van der Waals surface area contributed by atoms with Crippen molar-refractivity contribution < 1.29 is 9.53 Å². The van der Waals surface area contributed by atoms with E-state index >= 15 is 0 Å². The summed E-state index contributed by atoms with van der Waals surface area (Å²) in [5, 5.41) is 9.91. The first kappa shape index (κ1) is 18.7. The molecule has 2 aliphatic rings. The van der Waals surface area contributed by atoms with E-state index in [2.05, 4.69) is 28.1 Å². The molecule has 5 heteroatoms. The minimum atomic E-state index is 0.0236. The number of amides is 1. The molecule has 0 saturated carbocycles. The molecule has 3 aromatic carbocycles. The largest absolute Gasteiger partial charge is 0.457 e. The van der Waals surface area contributed by atoms with Crippen molar-refractivity contribution in [2.24, 2.45) is 0 Å². The molecule has 2 aliphatic heterocycles. The van der Waals surface area contributed by atoms with Crippen molar-refractivity contribution in [1.29, 1.82) is 0 Å². The van der Waals surface area contributed by atoms with Gasteiger partial charge in [-0.05, 0) is 85.9 Å². The molecule has 0 aromatic heterocycles. The number of carbonyl (C=O) groups is 1. The minimum absolute atomic E-state index is 0.0236. The highest BCUT2D eigenvalue weighted by Crippen LogP contribution is 2.35. The Labute approximate surface area is 176 Å². The van der Waals surface area contributed by atoms with Crippen LogP contribution in [-0.4, -0.2) is 19.0 Å². The quantitative estimate of drug-likeness (QED) is 0.569. The van der Waals surface area contributed by atoms with Gasteiger partial charge in [-0.1, -0.05) is 18.2 Å². The van der Waals surface area contributed by atoms with Crippen molar-refractivity contribution >= 4 is 17.3 Å². The first-order chi connectivity index (χ1) is 14.8. The molecule has 0 atom stereocenters. The predicted molar refractivity (Wildman–Crippen MR) is 119 cm³/mol. The molecule has 1 fully saturated rings. The highest BCUT2D eigenvalue weighted by Gasteiger charge is 2.25. The maximum atomic E-state index is 12.4. The summed E-state index contributed by atoms with van der Waals surface area (Å²) in [5.41, 5.74) is 5.08. The number of rotatable bonds is 5.